The van der Waals surface area contributed by atoms with Crippen molar-refractivity contribution in [2.45, 2.75) is 74.7 Å². The standard InChI is InChI=1S/C29H34N2O5/c1-17-3-7-20(35-17)8-10-24(33)30(2)21-11-12-29(34)23-15-19-6-9-22(32)26-25(19)28(29,27(21)36-26)13-14-31(23)16-18-4-5-18/h3,6-10,18,21,23,27,32,34H,4-5,11-16H2,1-2H3/t21-,23-,27+,28+,29-/m1/s1. The number of rotatable bonds is 5. The summed E-state index contributed by atoms with van der Waals surface area (Å²) in [6, 6.07) is 7.28. The quantitative estimate of drug-likeness (QED) is 0.625. The summed E-state index contributed by atoms with van der Waals surface area (Å²) in [6.45, 7) is 3.83. The Morgan fingerprint density at radius 3 is 2.81 bits per heavy atom. The summed E-state index contributed by atoms with van der Waals surface area (Å²) in [5, 5.41) is 23.4. The van der Waals surface area contributed by atoms with Gasteiger partial charge in [-0.05, 0) is 87.7 Å². The number of hydrogen-bond donors (Lipinski definition) is 2. The number of amides is 1. The first-order valence-corrected chi connectivity index (χ1v) is 13.3. The number of nitrogens with zero attached hydrogens (tertiary/aromatic N) is 2. The summed E-state index contributed by atoms with van der Waals surface area (Å²) in [5.41, 5.74) is 0.588. The second-order valence-electron chi connectivity index (χ2n) is 11.6. The smallest absolute Gasteiger partial charge is 0.246 e. The number of ether oxygens (including phenoxy) is 1. The minimum absolute atomic E-state index is 0.0324. The van der Waals surface area contributed by atoms with Crippen LogP contribution in [0.5, 0.6) is 11.5 Å². The summed E-state index contributed by atoms with van der Waals surface area (Å²) >= 11 is 0. The lowest BCUT2D eigenvalue weighted by Gasteiger charge is -2.64. The largest absolute Gasteiger partial charge is 0.504 e. The highest BCUT2D eigenvalue weighted by atomic mass is 16.5. The maximum absolute atomic E-state index is 13.3. The zero-order valence-electron chi connectivity index (χ0n) is 20.9. The average molecular weight is 491 g/mol. The number of carbonyl (C=O) groups is 1. The van der Waals surface area contributed by atoms with Crippen LogP contribution >= 0.6 is 0 Å². The highest BCUT2D eigenvalue weighted by molar-refractivity contribution is 5.91. The Kier molecular flexibility index (Phi) is 4.75. The Hall–Kier alpha value is -2.77. The van der Waals surface area contributed by atoms with Gasteiger partial charge >= 0.3 is 0 Å². The Morgan fingerprint density at radius 1 is 1.22 bits per heavy atom. The predicted molar refractivity (Wildman–Crippen MR) is 134 cm³/mol. The number of piperidine rings is 1. The van der Waals surface area contributed by atoms with Crippen LogP contribution in [0.3, 0.4) is 0 Å². The topological polar surface area (TPSA) is 86.4 Å². The van der Waals surface area contributed by atoms with E-state index in [4.69, 9.17) is 9.15 Å². The van der Waals surface area contributed by atoms with Crippen molar-refractivity contribution in [3.05, 3.63) is 53.0 Å². The first kappa shape index (κ1) is 22.4. The van der Waals surface area contributed by atoms with E-state index in [1.54, 1.807) is 23.1 Å². The van der Waals surface area contributed by atoms with Crippen molar-refractivity contribution in [1.82, 2.24) is 9.80 Å². The van der Waals surface area contributed by atoms with Gasteiger partial charge in [0.1, 0.15) is 17.6 Å². The zero-order chi connectivity index (χ0) is 24.8. The molecule has 190 valence electrons. The molecular weight excluding hydrogens is 456 g/mol. The third-order valence-corrected chi connectivity index (χ3v) is 9.73. The molecule has 1 aromatic heterocycles. The Morgan fingerprint density at radius 2 is 2.06 bits per heavy atom. The van der Waals surface area contributed by atoms with Crippen molar-refractivity contribution in [3.8, 4) is 11.5 Å². The first-order valence-electron chi connectivity index (χ1n) is 13.3. The molecule has 2 N–H and O–H groups in total. The van der Waals surface area contributed by atoms with Crippen LogP contribution in [0.2, 0.25) is 0 Å². The van der Waals surface area contributed by atoms with Gasteiger partial charge in [-0.2, -0.15) is 0 Å². The normalized spacial score (nSPS) is 34.5. The fourth-order valence-electron chi connectivity index (χ4n) is 7.83. The highest BCUT2D eigenvalue weighted by Crippen LogP contribution is 2.66. The number of aromatic hydroxyl groups is 1. The lowest BCUT2D eigenvalue weighted by Crippen LogP contribution is -2.78. The number of carbonyl (C=O) groups excluding carboxylic acids is 1. The first-order chi connectivity index (χ1) is 17.3. The molecule has 7 heteroatoms. The predicted octanol–water partition coefficient (Wildman–Crippen LogP) is 3.40. The zero-order valence-corrected chi connectivity index (χ0v) is 20.9. The van der Waals surface area contributed by atoms with Gasteiger partial charge < -0.3 is 24.3 Å². The lowest BCUT2D eigenvalue weighted by molar-refractivity contribution is -0.200. The van der Waals surface area contributed by atoms with Crippen molar-refractivity contribution in [2.24, 2.45) is 5.92 Å². The molecule has 0 radical (unpaired) electrons. The minimum Gasteiger partial charge on any atom is -0.504 e. The number of benzene rings is 1. The van der Waals surface area contributed by atoms with Gasteiger partial charge in [0, 0.05) is 31.3 Å². The molecule has 3 fully saturated rings. The fraction of sp³-hybridized carbons (Fsp3) is 0.552. The summed E-state index contributed by atoms with van der Waals surface area (Å²) < 4.78 is 12.2. The summed E-state index contributed by atoms with van der Waals surface area (Å²) in [5.74, 6) is 2.70. The van der Waals surface area contributed by atoms with E-state index in [-0.39, 0.29) is 23.7 Å². The molecule has 3 heterocycles. The minimum atomic E-state index is -0.946. The third kappa shape index (κ3) is 2.96. The molecule has 2 saturated carbocycles. The van der Waals surface area contributed by atoms with E-state index >= 15 is 0 Å². The van der Waals surface area contributed by atoms with E-state index in [2.05, 4.69) is 4.90 Å². The van der Waals surface area contributed by atoms with Gasteiger partial charge in [-0.15, -0.1) is 0 Å². The number of aliphatic hydroxyl groups is 1. The average Bonchev–Trinajstić information content (AvgIpc) is 3.46. The van der Waals surface area contributed by atoms with Gasteiger partial charge in [0.2, 0.25) is 5.91 Å². The number of likely N-dealkylation sites (N-methyl/N-ethyl adjacent to an activating group) is 1. The molecule has 7 nitrogen and oxygen atoms in total. The van der Waals surface area contributed by atoms with Crippen LogP contribution < -0.4 is 4.74 Å². The molecule has 2 aromatic rings. The van der Waals surface area contributed by atoms with E-state index < -0.39 is 17.1 Å². The third-order valence-electron chi connectivity index (χ3n) is 9.73. The Balaban J connectivity index is 1.26. The van der Waals surface area contributed by atoms with Crippen LogP contribution in [0.25, 0.3) is 6.08 Å². The van der Waals surface area contributed by atoms with Crippen LogP contribution in [-0.2, 0) is 16.6 Å². The van der Waals surface area contributed by atoms with E-state index in [1.165, 1.54) is 18.4 Å². The van der Waals surface area contributed by atoms with Crippen molar-refractivity contribution < 1.29 is 24.2 Å². The van der Waals surface area contributed by atoms with Crippen LogP contribution in [0.1, 0.15) is 54.8 Å². The fourth-order valence-corrected chi connectivity index (χ4v) is 7.83. The highest BCUT2D eigenvalue weighted by Gasteiger charge is 2.73. The lowest BCUT2D eigenvalue weighted by atomic mass is 9.48. The monoisotopic (exact) mass is 490 g/mol. The maximum atomic E-state index is 13.3. The molecule has 3 aliphatic carbocycles. The van der Waals surface area contributed by atoms with Crippen molar-refractivity contribution in [2.75, 3.05) is 20.1 Å². The van der Waals surface area contributed by atoms with Crippen LogP contribution in [0, 0.1) is 12.8 Å². The summed E-state index contributed by atoms with van der Waals surface area (Å²) in [4.78, 5) is 17.5. The molecule has 36 heavy (non-hydrogen) atoms. The number of aryl methyl sites for hydroxylation is 1. The van der Waals surface area contributed by atoms with Crippen LogP contribution in [-0.4, -0.2) is 69.8 Å². The van der Waals surface area contributed by atoms with E-state index in [9.17, 15) is 15.0 Å². The SMILES string of the molecule is Cc1ccc(C=CC(=O)N(C)[C@@H]2CC[C@@]3(O)[C@H]4Cc5ccc(O)c6c5[C@@]3(CCN4CC3CC3)[C@H]2O6)o1. The maximum Gasteiger partial charge on any atom is 0.246 e. The Bertz CT molecular complexity index is 1260. The van der Waals surface area contributed by atoms with Gasteiger partial charge in [-0.3, -0.25) is 9.69 Å². The van der Waals surface area contributed by atoms with E-state index in [0.29, 0.717) is 24.4 Å². The molecule has 1 aromatic carbocycles. The molecule has 1 saturated heterocycles. The van der Waals surface area contributed by atoms with Gasteiger partial charge in [-0.1, -0.05) is 6.07 Å². The molecular formula is C29H34N2O5. The molecule has 0 unspecified atom stereocenters. The Labute approximate surface area is 211 Å². The number of furan rings is 1. The second kappa shape index (κ2) is 7.62. The van der Waals surface area contributed by atoms with E-state index in [0.717, 1.165) is 43.2 Å². The van der Waals surface area contributed by atoms with Crippen LogP contribution in [0.4, 0.5) is 0 Å². The second-order valence-corrected chi connectivity index (χ2v) is 11.6. The van der Waals surface area contributed by atoms with Gasteiger partial charge in [0.05, 0.1) is 17.1 Å². The van der Waals surface area contributed by atoms with Crippen molar-refractivity contribution in [3.63, 3.8) is 0 Å². The van der Waals surface area contributed by atoms with E-state index in [1.807, 2.05) is 32.2 Å². The van der Waals surface area contributed by atoms with Crippen molar-refractivity contribution >= 4 is 12.0 Å². The molecule has 5 aliphatic rings. The molecule has 5 atom stereocenters. The number of likely N-dealkylation sites (tertiary alicyclic amines) is 1. The summed E-state index contributed by atoms with van der Waals surface area (Å²) in [7, 11) is 1.82. The molecule has 1 spiro atoms. The number of phenolic OH excluding ortho intramolecular Hbond substituents is 1. The molecule has 1 amide bonds. The summed E-state index contributed by atoms with van der Waals surface area (Å²) in [6.07, 6.45) is 8.20. The molecule has 7 rings (SSSR count). The van der Waals surface area contributed by atoms with Gasteiger partial charge in [-0.25, -0.2) is 0 Å². The van der Waals surface area contributed by atoms with Gasteiger partial charge in [0.15, 0.2) is 11.5 Å². The van der Waals surface area contributed by atoms with Gasteiger partial charge in [0.25, 0.3) is 0 Å². The number of phenols is 1. The molecule has 2 aliphatic heterocycles. The van der Waals surface area contributed by atoms with Crippen LogP contribution in [0.15, 0.2) is 34.8 Å². The molecule has 2 bridgehead atoms. The van der Waals surface area contributed by atoms with Crippen molar-refractivity contribution in [1.29, 1.82) is 0 Å². The number of hydrogen-bond acceptors (Lipinski definition) is 6.